The minimum atomic E-state index is -3.62. The monoisotopic (exact) mass is 386 g/mol. The molecule has 26 heavy (non-hydrogen) atoms. The van der Waals surface area contributed by atoms with Gasteiger partial charge in [-0.15, -0.1) is 11.3 Å². The van der Waals surface area contributed by atoms with Gasteiger partial charge in [-0.2, -0.15) is 0 Å². The zero-order chi connectivity index (χ0) is 18.3. The van der Waals surface area contributed by atoms with Crippen LogP contribution in [0.1, 0.15) is 20.7 Å². The maximum absolute atomic E-state index is 12.6. The fraction of sp³-hybridized carbons (Fsp3) is 0.111. The molecule has 132 valence electrons. The third-order valence-electron chi connectivity index (χ3n) is 4.22. The Bertz CT molecular complexity index is 1070. The molecule has 0 fully saturated rings. The Morgan fingerprint density at radius 3 is 2.08 bits per heavy atom. The zero-order valence-corrected chi connectivity index (χ0v) is 15.1. The Kier molecular flexibility index (Phi) is 4.10. The molecule has 1 aromatic heterocycles. The number of hydrogen-bond donors (Lipinski definition) is 1. The number of benzene rings is 2. The molecule has 0 spiro atoms. The van der Waals surface area contributed by atoms with Crippen LogP contribution in [-0.2, 0) is 10.0 Å². The predicted molar refractivity (Wildman–Crippen MR) is 98.8 cm³/mol. The predicted octanol–water partition coefficient (Wildman–Crippen LogP) is 2.48. The smallest absolute Gasteiger partial charge is 0.261 e. The molecule has 1 N–H and O–H groups in total. The third-order valence-corrected chi connectivity index (χ3v) is 7.08. The van der Waals surface area contributed by atoms with Crippen LogP contribution < -0.4 is 4.72 Å². The summed E-state index contributed by atoms with van der Waals surface area (Å²) < 4.78 is 26.9. The highest BCUT2D eigenvalue weighted by molar-refractivity contribution is 7.91. The number of nitrogens with one attached hydrogen (secondary N) is 1. The summed E-state index contributed by atoms with van der Waals surface area (Å²) in [5.41, 5.74) is 0.713. The third kappa shape index (κ3) is 2.82. The van der Waals surface area contributed by atoms with Crippen LogP contribution in [0, 0.1) is 0 Å². The highest BCUT2D eigenvalue weighted by Crippen LogP contribution is 2.27. The van der Waals surface area contributed by atoms with Crippen LogP contribution in [0.5, 0.6) is 0 Å². The van der Waals surface area contributed by atoms with Crippen molar-refractivity contribution >= 4 is 43.9 Å². The van der Waals surface area contributed by atoms with Crippen molar-refractivity contribution in [2.75, 3.05) is 13.1 Å². The molecule has 2 amide bonds. The van der Waals surface area contributed by atoms with Crippen LogP contribution in [0.3, 0.4) is 0 Å². The van der Waals surface area contributed by atoms with E-state index in [-0.39, 0.29) is 17.3 Å². The molecule has 4 rings (SSSR count). The van der Waals surface area contributed by atoms with Crippen LogP contribution in [0.25, 0.3) is 10.8 Å². The number of hydrogen-bond acceptors (Lipinski definition) is 5. The Labute approximate surface area is 154 Å². The van der Waals surface area contributed by atoms with Crippen molar-refractivity contribution in [3.63, 3.8) is 0 Å². The second kappa shape index (κ2) is 6.31. The number of thiophene rings is 1. The number of amides is 2. The molecule has 6 nitrogen and oxygen atoms in total. The highest BCUT2D eigenvalue weighted by Gasteiger charge is 2.35. The number of carbonyl (C=O) groups is 2. The average Bonchev–Trinajstić information content (AvgIpc) is 3.25. The van der Waals surface area contributed by atoms with E-state index >= 15 is 0 Å². The van der Waals surface area contributed by atoms with E-state index in [1.807, 2.05) is 24.3 Å². The number of fused-ring (bicyclic) bond motifs is 2. The van der Waals surface area contributed by atoms with Gasteiger partial charge < -0.3 is 0 Å². The zero-order valence-electron chi connectivity index (χ0n) is 13.5. The van der Waals surface area contributed by atoms with Gasteiger partial charge in [0.2, 0.25) is 10.0 Å². The molecule has 0 aliphatic carbocycles. The molecule has 0 bridgehead atoms. The number of nitrogens with zero attached hydrogens (tertiary/aromatic N) is 1. The van der Waals surface area contributed by atoms with Crippen molar-refractivity contribution in [2.45, 2.75) is 4.21 Å². The summed E-state index contributed by atoms with van der Waals surface area (Å²) in [5.74, 6) is -0.794. The highest BCUT2D eigenvalue weighted by atomic mass is 32.2. The van der Waals surface area contributed by atoms with Crippen molar-refractivity contribution in [1.82, 2.24) is 9.62 Å². The number of rotatable bonds is 5. The topological polar surface area (TPSA) is 83.6 Å². The maximum Gasteiger partial charge on any atom is 0.261 e. The summed E-state index contributed by atoms with van der Waals surface area (Å²) in [6.45, 7) is -0.0570. The van der Waals surface area contributed by atoms with Crippen molar-refractivity contribution < 1.29 is 18.0 Å². The first-order valence-electron chi connectivity index (χ1n) is 7.89. The van der Waals surface area contributed by atoms with E-state index in [4.69, 9.17) is 0 Å². The minimum Gasteiger partial charge on any atom is -0.273 e. The Hall–Kier alpha value is -2.55. The fourth-order valence-electron chi connectivity index (χ4n) is 2.96. The van der Waals surface area contributed by atoms with Gasteiger partial charge in [0.05, 0.1) is 11.1 Å². The largest absolute Gasteiger partial charge is 0.273 e. The Morgan fingerprint density at radius 2 is 1.54 bits per heavy atom. The average molecular weight is 386 g/mol. The number of imide groups is 1. The molecule has 2 aromatic carbocycles. The van der Waals surface area contributed by atoms with Gasteiger partial charge >= 0.3 is 0 Å². The molecule has 3 aromatic rings. The van der Waals surface area contributed by atoms with E-state index in [0.717, 1.165) is 27.0 Å². The summed E-state index contributed by atoms with van der Waals surface area (Å²) in [6, 6.07) is 14.1. The second-order valence-electron chi connectivity index (χ2n) is 5.84. The van der Waals surface area contributed by atoms with Gasteiger partial charge in [-0.1, -0.05) is 30.3 Å². The van der Waals surface area contributed by atoms with Crippen LogP contribution >= 0.6 is 11.3 Å². The van der Waals surface area contributed by atoms with Gasteiger partial charge in [-0.25, -0.2) is 13.1 Å². The number of sulfonamides is 1. The molecule has 0 atom stereocenters. The second-order valence-corrected chi connectivity index (χ2v) is 8.78. The standard InChI is InChI=1S/C18H14N2O4S2/c21-17-14-10-12-4-1-2-5-13(12)11-15(14)18(22)20(17)8-7-19-26(23,24)16-6-3-9-25-16/h1-6,9-11,19H,7-8H2. The summed E-state index contributed by atoms with van der Waals surface area (Å²) in [5, 5.41) is 3.43. The quantitative estimate of drug-likeness (QED) is 0.683. The van der Waals surface area contributed by atoms with E-state index in [1.54, 1.807) is 23.6 Å². The maximum atomic E-state index is 12.6. The van der Waals surface area contributed by atoms with Crippen LogP contribution in [0.15, 0.2) is 58.1 Å². The molecule has 8 heteroatoms. The van der Waals surface area contributed by atoms with Gasteiger partial charge in [0.1, 0.15) is 4.21 Å². The molecular weight excluding hydrogens is 372 g/mol. The van der Waals surface area contributed by atoms with Gasteiger partial charge in [0, 0.05) is 13.1 Å². The van der Waals surface area contributed by atoms with Gasteiger partial charge in [-0.3, -0.25) is 14.5 Å². The summed E-state index contributed by atoms with van der Waals surface area (Å²) in [4.78, 5) is 26.2. The van der Waals surface area contributed by atoms with E-state index in [9.17, 15) is 18.0 Å². The van der Waals surface area contributed by atoms with Crippen molar-refractivity contribution in [1.29, 1.82) is 0 Å². The molecule has 1 aliphatic rings. The molecular formula is C18H14N2O4S2. The molecule has 0 saturated carbocycles. The lowest BCUT2D eigenvalue weighted by atomic mass is 10.0. The summed E-state index contributed by atoms with van der Waals surface area (Å²) in [6.07, 6.45) is 0. The van der Waals surface area contributed by atoms with Crippen LogP contribution in [0.4, 0.5) is 0 Å². The summed E-state index contributed by atoms with van der Waals surface area (Å²) in [7, 11) is -3.62. The normalized spacial score (nSPS) is 14.2. The molecule has 0 saturated heterocycles. The van der Waals surface area contributed by atoms with Gasteiger partial charge in [0.15, 0.2) is 0 Å². The lowest BCUT2D eigenvalue weighted by Gasteiger charge is -2.14. The molecule has 0 unspecified atom stereocenters. The lowest BCUT2D eigenvalue weighted by molar-refractivity contribution is 0.0657. The van der Waals surface area contributed by atoms with E-state index < -0.39 is 21.8 Å². The number of carbonyl (C=O) groups excluding carboxylic acids is 2. The van der Waals surface area contributed by atoms with E-state index in [2.05, 4.69) is 4.72 Å². The molecule has 0 radical (unpaired) electrons. The van der Waals surface area contributed by atoms with Crippen molar-refractivity contribution in [3.05, 3.63) is 65.0 Å². The van der Waals surface area contributed by atoms with Gasteiger partial charge in [-0.05, 0) is 34.4 Å². The molecule has 1 aliphatic heterocycles. The first-order valence-corrected chi connectivity index (χ1v) is 10.3. The van der Waals surface area contributed by atoms with Gasteiger partial charge in [0.25, 0.3) is 11.8 Å². The fourth-order valence-corrected chi connectivity index (χ4v) is 5.02. The van der Waals surface area contributed by atoms with Crippen molar-refractivity contribution in [3.8, 4) is 0 Å². The minimum absolute atomic E-state index is 0.0205. The van der Waals surface area contributed by atoms with E-state index in [0.29, 0.717) is 11.1 Å². The van der Waals surface area contributed by atoms with E-state index in [1.165, 1.54) is 6.07 Å². The first-order chi connectivity index (χ1) is 12.5. The Morgan fingerprint density at radius 1 is 0.923 bits per heavy atom. The van der Waals surface area contributed by atoms with Crippen LogP contribution in [0.2, 0.25) is 0 Å². The van der Waals surface area contributed by atoms with Crippen LogP contribution in [-0.4, -0.2) is 38.2 Å². The SMILES string of the molecule is O=C1c2cc3ccccc3cc2C(=O)N1CCNS(=O)(=O)c1cccs1. The first kappa shape index (κ1) is 16.9. The molecule has 2 heterocycles. The van der Waals surface area contributed by atoms with Crippen molar-refractivity contribution in [2.24, 2.45) is 0 Å². The lowest BCUT2D eigenvalue weighted by Crippen LogP contribution is -2.37. The Balaban J connectivity index is 1.52. The summed E-state index contributed by atoms with van der Waals surface area (Å²) >= 11 is 1.11.